The summed E-state index contributed by atoms with van der Waals surface area (Å²) in [5.74, 6) is 0.330. The van der Waals surface area contributed by atoms with Crippen molar-refractivity contribution in [2.45, 2.75) is 5.66 Å². The molecule has 35 heavy (non-hydrogen) atoms. The van der Waals surface area contributed by atoms with E-state index in [-0.39, 0.29) is 17.7 Å². The van der Waals surface area contributed by atoms with Gasteiger partial charge in [0.2, 0.25) is 5.88 Å². The highest BCUT2D eigenvalue weighted by Crippen LogP contribution is 2.50. The average Bonchev–Trinajstić information content (AvgIpc) is 3.40. The Hall–Kier alpha value is -4.23. The van der Waals surface area contributed by atoms with Crippen LogP contribution in [0.25, 0.3) is 0 Å². The number of aromatic nitrogens is 2. The number of hydrogen-bond acceptors (Lipinski definition) is 5. The number of amides is 2. The van der Waals surface area contributed by atoms with Gasteiger partial charge in [-0.3, -0.25) is 14.6 Å². The molecular weight excluding hydrogens is 464 g/mol. The van der Waals surface area contributed by atoms with Crippen molar-refractivity contribution in [1.29, 1.82) is 0 Å². The van der Waals surface area contributed by atoms with E-state index in [2.05, 4.69) is 9.97 Å². The van der Waals surface area contributed by atoms with E-state index in [9.17, 15) is 9.59 Å². The fourth-order valence-corrected chi connectivity index (χ4v) is 5.12. The van der Waals surface area contributed by atoms with Gasteiger partial charge < -0.3 is 14.5 Å². The maximum atomic E-state index is 14.2. The molecule has 2 aromatic heterocycles. The van der Waals surface area contributed by atoms with Crippen LogP contribution in [0.3, 0.4) is 0 Å². The molecule has 1 fully saturated rings. The summed E-state index contributed by atoms with van der Waals surface area (Å²) in [4.78, 5) is 39.7. The van der Waals surface area contributed by atoms with Gasteiger partial charge in [-0.15, -0.1) is 0 Å². The van der Waals surface area contributed by atoms with Crippen LogP contribution in [0.2, 0.25) is 5.02 Å². The van der Waals surface area contributed by atoms with Crippen molar-refractivity contribution in [2.24, 2.45) is 0 Å². The van der Waals surface area contributed by atoms with Crippen LogP contribution in [-0.2, 0) is 5.66 Å². The van der Waals surface area contributed by atoms with Gasteiger partial charge in [-0.2, -0.15) is 0 Å². The van der Waals surface area contributed by atoms with Gasteiger partial charge in [-0.25, -0.2) is 4.98 Å². The van der Waals surface area contributed by atoms with E-state index < -0.39 is 5.66 Å². The number of nitrogens with zero attached hydrogens (tertiary/aromatic N) is 4. The standard InChI is InChI=1S/C27H19ClN4O3/c28-19-10-8-18(9-11-19)27-23-17-29-14-12-21(23)25(33)31(27)15-16-32(27)26(34)22-7-4-13-30-24(22)35-20-5-2-1-3-6-20/h1-14,17H,15-16H2. The Morgan fingerprint density at radius 3 is 2.54 bits per heavy atom. The minimum atomic E-state index is -1.15. The first kappa shape index (κ1) is 21.3. The quantitative estimate of drug-likeness (QED) is 0.420. The van der Waals surface area contributed by atoms with Gasteiger partial charge in [-0.05, 0) is 42.5 Å². The Kier molecular flexibility index (Phi) is 5.00. The summed E-state index contributed by atoms with van der Waals surface area (Å²) in [5.41, 5.74) is 1.09. The number of pyridine rings is 2. The summed E-state index contributed by atoms with van der Waals surface area (Å²) >= 11 is 6.18. The molecule has 4 aromatic rings. The van der Waals surface area contributed by atoms with Crippen LogP contribution in [0.15, 0.2) is 91.4 Å². The summed E-state index contributed by atoms with van der Waals surface area (Å²) in [6.45, 7) is 0.707. The maximum Gasteiger partial charge on any atom is 0.261 e. The zero-order chi connectivity index (χ0) is 24.0. The lowest BCUT2D eigenvalue weighted by atomic mass is 9.90. The van der Waals surface area contributed by atoms with Crippen molar-refractivity contribution in [3.8, 4) is 11.6 Å². The van der Waals surface area contributed by atoms with Crippen molar-refractivity contribution < 1.29 is 14.3 Å². The highest BCUT2D eigenvalue weighted by molar-refractivity contribution is 6.30. The van der Waals surface area contributed by atoms with Crippen molar-refractivity contribution >= 4 is 23.4 Å². The molecule has 8 heteroatoms. The van der Waals surface area contributed by atoms with Crippen molar-refractivity contribution in [3.05, 3.63) is 119 Å². The summed E-state index contributed by atoms with van der Waals surface area (Å²) < 4.78 is 5.98. The molecule has 6 rings (SSSR count). The normalized spacial score (nSPS) is 18.4. The second kappa shape index (κ2) is 8.21. The first-order chi connectivity index (χ1) is 17.1. The number of ether oxygens (including phenoxy) is 1. The molecule has 7 nitrogen and oxygen atoms in total. The Morgan fingerprint density at radius 1 is 0.943 bits per heavy atom. The lowest BCUT2D eigenvalue weighted by molar-refractivity contribution is 0.0373. The molecule has 0 radical (unpaired) electrons. The predicted molar refractivity (Wildman–Crippen MR) is 129 cm³/mol. The third-order valence-electron chi connectivity index (χ3n) is 6.45. The van der Waals surface area contributed by atoms with Crippen LogP contribution >= 0.6 is 11.6 Å². The first-order valence-corrected chi connectivity index (χ1v) is 11.5. The number of carbonyl (C=O) groups is 2. The van der Waals surface area contributed by atoms with Crippen LogP contribution in [0.5, 0.6) is 11.6 Å². The molecule has 1 atom stereocenters. The van der Waals surface area contributed by atoms with Crippen LogP contribution in [0, 0.1) is 0 Å². The van der Waals surface area contributed by atoms with Gasteiger partial charge >= 0.3 is 0 Å². The fourth-order valence-electron chi connectivity index (χ4n) is 4.99. The Morgan fingerprint density at radius 2 is 1.74 bits per heavy atom. The van der Waals surface area contributed by atoms with Gasteiger partial charge in [-0.1, -0.05) is 41.9 Å². The maximum absolute atomic E-state index is 14.2. The van der Waals surface area contributed by atoms with E-state index in [4.69, 9.17) is 16.3 Å². The first-order valence-electron chi connectivity index (χ1n) is 11.1. The van der Waals surface area contributed by atoms with E-state index in [1.54, 1.807) is 70.9 Å². The predicted octanol–water partition coefficient (Wildman–Crippen LogP) is 4.74. The number of fused-ring (bicyclic) bond motifs is 3. The largest absolute Gasteiger partial charge is 0.438 e. The molecule has 4 heterocycles. The molecule has 2 aliphatic rings. The average molecular weight is 483 g/mol. The van der Waals surface area contributed by atoms with Crippen LogP contribution in [-0.4, -0.2) is 44.7 Å². The minimum absolute atomic E-state index is 0.139. The van der Waals surface area contributed by atoms with E-state index in [0.29, 0.717) is 40.6 Å². The lowest BCUT2D eigenvalue weighted by Gasteiger charge is -2.40. The van der Waals surface area contributed by atoms with E-state index in [1.165, 1.54) is 0 Å². The molecule has 0 bridgehead atoms. The van der Waals surface area contributed by atoms with Crippen LogP contribution in [0.4, 0.5) is 0 Å². The zero-order valence-corrected chi connectivity index (χ0v) is 19.2. The number of halogens is 1. The number of hydrogen-bond donors (Lipinski definition) is 0. The molecule has 0 aliphatic carbocycles. The monoisotopic (exact) mass is 482 g/mol. The third-order valence-corrected chi connectivity index (χ3v) is 6.70. The summed E-state index contributed by atoms with van der Waals surface area (Å²) in [6.07, 6.45) is 4.84. The lowest BCUT2D eigenvalue weighted by Crippen LogP contribution is -2.51. The van der Waals surface area contributed by atoms with Crippen molar-refractivity contribution in [1.82, 2.24) is 19.8 Å². The number of carbonyl (C=O) groups excluding carboxylic acids is 2. The van der Waals surface area contributed by atoms with Gasteiger partial charge in [0.05, 0.1) is 5.56 Å². The summed E-state index contributed by atoms with van der Waals surface area (Å²) in [7, 11) is 0. The van der Waals surface area contributed by atoms with Crippen molar-refractivity contribution in [2.75, 3.05) is 13.1 Å². The van der Waals surface area contributed by atoms with Gasteiger partial charge in [0.15, 0.2) is 5.66 Å². The SMILES string of the molecule is O=C1c2ccncc2C2(c3ccc(Cl)cc3)N1CCN2C(=O)c1cccnc1Oc1ccccc1. The Labute approximate surface area is 206 Å². The molecule has 0 N–H and O–H groups in total. The smallest absolute Gasteiger partial charge is 0.261 e. The van der Waals surface area contributed by atoms with Crippen molar-refractivity contribution in [3.63, 3.8) is 0 Å². The Bertz CT molecular complexity index is 1440. The topological polar surface area (TPSA) is 75.6 Å². The zero-order valence-electron chi connectivity index (χ0n) is 18.5. The molecule has 0 saturated carbocycles. The third kappa shape index (κ3) is 3.19. The highest BCUT2D eigenvalue weighted by Gasteiger charge is 2.60. The minimum Gasteiger partial charge on any atom is -0.438 e. The number of benzene rings is 2. The molecule has 1 unspecified atom stereocenters. The van der Waals surface area contributed by atoms with E-state index >= 15 is 0 Å². The number of para-hydroxylation sites is 1. The van der Waals surface area contributed by atoms with Gasteiger partial charge in [0.1, 0.15) is 11.3 Å². The second-order valence-corrected chi connectivity index (χ2v) is 8.72. The molecular formula is C27H19ClN4O3. The summed E-state index contributed by atoms with van der Waals surface area (Å²) in [6, 6.07) is 21.5. The molecule has 2 aromatic carbocycles. The van der Waals surface area contributed by atoms with Gasteiger partial charge in [0, 0.05) is 47.8 Å². The molecule has 1 saturated heterocycles. The van der Waals surface area contributed by atoms with E-state index in [0.717, 1.165) is 5.56 Å². The van der Waals surface area contributed by atoms with E-state index in [1.807, 2.05) is 30.3 Å². The fraction of sp³-hybridized carbons (Fsp3) is 0.111. The number of rotatable bonds is 4. The molecule has 2 aliphatic heterocycles. The Balaban J connectivity index is 1.50. The molecule has 0 spiro atoms. The second-order valence-electron chi connectivity index (χ2n) is 8.29. The highest BCUT2D eigenvalue weighted by atomic mass is 35.5. The molecule has 172 valence electrons. The molecule has 2 amide bonds. The van der Waals surface area contributed by atoms with Gasteiger partial charge in [0.25, 0.3) is 11.8 Å². The van der Waals surface area contributed by atoms with Crippen LogP contribution < -0.4 is 4.74 Å². The summed E-state index contributed by atoms with van der Waals surface area (Å²) in [5, 5.41) is 0.564. The van der Waals surface area contributed by atoms with Crippen LogP contribution in [0.1, 0.15) is 31.8 Å².